The molecule has 0 spiro atoms. The lowest BCUT2D eigenvalue weighted by Crippen LogP contribution is -2.40. The van der Waals surface area contributed by atoms with Crippen molar-refractivity contribution >= 4 is 23.6 Å². The highest BCUT2D eigenvalue weighted by Crippen LogP contribution is 2.44. The van der Waals surface area contributed by atoms with Gasteiger partial charge in [0.2, 0.25) is 6.10 Å². The third kappa shape index (κ3) is 4.21. The van der Waals surface area contributed by atoms with Crippen LogP contribution in [0.5, 0.6) is 11.5 Å². The molecular formula is C17H18ClF3O4. The van der Waals surface area contributed by atoms with Crippen molar-refractivity contribution < 1.29 is 32.5 Å². The molecule has 4 nitrogen and oxygen atoms in total. The van der Waals surface area contributed by atoms with Crippen LogP contribution in [-0.2, 0) is 4.79 Å². The van der Waals surface area contributed by atoms with Crippen LogP contribution in [0.4, 0.5) is 13.2 Å². The molecule has 0 saturated carbocycles. The summed E-state index contributed by atoms with van der Waals surface area (Å²) in [5, 5.41) is 9.24. The van der Waals surface area contributed by atoms with Crippen LogP contribution in [0.25, 0.3) is 6.08 Å². The van der Waals surface area contributed by atoms with Gasteiger partial charge in [-0.05, 0) is 31.4 Å². The molecule has 1 aromatic rings. The molecule has 0 unspecified atom stereocenters. The summed E-state index contributed by atoms with van der Waals surface area (Å²) < 4.78 is 50.1. The lowest BCUT2D eigenvalue weighted by Gasteiger charge is -2.29. The van der Waals surface area contributed by atoms with Gasteiger partial charge in [-0.15, -0.1) is 0 Å². The number of benzene rings is 1. The lowest BCUT2D eigenvalue weighted by atomic mass is 9.98. The molecule has 1 heterocycles. The maximum atomic E-state index is 13.2. The number of hydrogen-bond donors (Lipinski definition) is 1. The van der Waals surface area contributed by atoms with Crippen LogP contribution in [0, 0.1) is 12.8 Å². The van der Waals surface area contributed by atoms with Crippen molar-refractivity contribution in [2.45, 2.75) is 39.5 Å². The van der Waals surface area contributed by atoms with E-state index < -0.39 is 23.8 Å². The highest BCUT2D eigenvalue weighted by molar-refractivity contribution is 6.32. The first-order valence-electron chi connectivity index (χ1n) is 7.66. The van der Waals surface area contributed by atoms with E-state index in [1.165, 1.54) is 13.0 Å². The fourth-order valence-corrected chi connectivity index (χ4v) is 2.76. The maximum absolute atomic E-state index is 13.2. The van der Waals surface area contributed by atoms with Crippen LogP contribution in [0.3, 0.4) is 0 Å². The molecule has 0 radical (unpaired) electrons. The fraction of sp³-hybridized carbons (Fsp3) is 0.471. The number of fused-ring (bicyclic) bond motifs is 1. The van der Waals surface area contributed by atoms with E-state index in [9.17, 15) is 18.0 Å². The predicted molar refractivity (Wildman–Crippen MR) is 87.2 cm³/mol. The van der Waals surface area contributed by atoms with Crippen LogP contribution in [0.15, 0.2) is 11.6 Å². The van der Waals surface area contributed by atoms with Crippen LogP contribution in [0.2, 0.25) is 5.02 Å². The Morgan fingerprint density at radius 1 is 1.44 bits per heavy atom. The second-order valence-corrected chi connectivity index (χ2v) is 6.61. The number of rotatable bonds is 5. The molecule has 0 fully saturated rings. The molecule has 0 aliphatic carbocycles. The lowest BCUT2D eigenvalue weighted by molar-refractivity contribution is -0.187. The zero-order valence-corrected chi connectivity index (χ0v) is 14.7. The van der Waals surface area contributed by atoms with Crippen molar-refractivity contribution in [2.75, 3.05) is 6.61 Å². The highest BCUT2D eigenvalue weighted by Gasteiger charge is 2.48. The van der Waals surface area contributed by atoms with Gasteiger partial charge in [-0.3, -0.25) is 0 Å². The van der Waals surface area contributed by atoms with Crippen molar-refractivity contribution in [1.82, 2.24) is 0 Å². The number of aliphatic carboxylic acids is 1. The maximum Gasteiger partial charge on any atom is 0.430 e. The molecular weight excluding hydrogens is 361 g/mol. The van der Waals surface area contributed by atoms with Gasteiger partial charge >= 0.3 is 12.1 Å². The Hall–Kier alpha value is -1.89. The molecule has 8 heteroatoms. The Kier molecular flexibility index (Phi) is 5.56. The molecule has 0 amide bonds. The van der Waals surface area contributed by atoms with Crippen LogP contribution >= 0.6 is 11.6 Å². The zero-order valence-electron chi connectivity index (χ0n) is 13.9. The molecule has 1 N–H and O–H groups in total. The first-order chi connectivity index (χ1) is 11.5. The Bertz CT molecular complexity index is 711. The summed E-state index contributed by atoms with van der Waals surface area (Å²) in [5.41, 5.74) is -0.401. The third-order valence-corrected chi connectivity index (χ3v) is 4.04. The standard InChI is InChI=1S/C17H18ClF3O4/c1-8(2)4-5-24-14-9(3)13-10(7-12(14)18)6-11(16(22)23)15(25-13)17(19,20)21/h6-8,15H,4-5H2,1-3H3,(H,22,23)/t15-/m1/s1. The number of carboxylic acid groups (broad SMARTS) is 1. The second-order valence-electron chi connectivity index (χ2n) is 6.21. The Labute approximate surface area is 148 Å². The summed E-state index contributed by atoms with van der Waals surface area (Å²) in [6.07, 6.45) is -5.70. The molecule has 1 aromatic carbocycles. The summed E-state index contributed by atoms with van der Waals surface area (Å²) in [7, 11) is 0. The van der Waals surface area contributed by atoms with E-state index in [1.54, 1.807) is 0 Å². The molecule has 1 atom stereocenters. The van der Waals surface area contributed by atoms with Crippen molar-refractivity contribution in [3.8, 4) is 11.5 Å². The Morgan fingerprint density at radius 2 is 2.08 bits per heavy atom. The van der Waals surface area contributed by atoms with Gasteiger partial charge in [-0.2, -0.15) is 13.2 Å². The van der Waals surface area contributed by atoms with E-state index in [4.69, 9.17) is 26.2 Å². The SMILES string of the molecule is Cc1c(OCCC(C)C)c(Cl)cc2c1O[C@@H](C(F)(F)F)C(C(=O)O)=C2. The summed E-state index contributed by atoms with van der Waals surface area (Å²) in [6, 6.07) is 1.35. The average Bonchev–Trinajstić information content (AvgIpc) is 2.48. The first-order valence-corrected chi connectivity index (χ1v) is 8.04. The number of halogens is 4. The minimum Gasteiger partial charge on any atom is -0.492 e. The van der Waals surface area contributed by atoms with Gasteiger partial charge in [0.25, 0.3) is 0 Å². The van der Waals surface area contributed by atoms with Crippen LogP contribution < -0.4 is 9.47 Å². The van der Waals surface area contributed by atoms with E-state index in [2.05, 4.69) is 0 Å². The minimum atomic E-state index is -4.85. The fourth-order valence-electron chi connectivity index (χ4n) is 2.45. The smallest absolute Gasteiger partial charge is 0.430 e. The van der Waals surface area contributed by atoms with Crippen molar-refractivity contribution in [2.24, 2.45) is 5.92 Å². The normalized spacial score (nSPS) is 17.0. The third-order valence-electron chi connectivity index (χ3n) is 3.76. The number of carbonyl (C=O) groups is 1. The van der Waals surface area contributed by atoms with Crippen molar-refractivity contribution in [3.05, 3.63) is 27.8 Å². The van der Waals surface area contributed by atoms with Crippen LogP contribution in [-0.4, -0.2) is 30.0 Å². The van der Waals surface area contributed by atoms with Gasteiger partial charge in [0.05, 0.1) is 17.2 Å². The van der Waals surface area contributed by atoms with Gasteiger partial charge in [0.1, 0.15) is 11.5 Å². The Morgan fingerprint density at radius 3 is 2.60 bits per heavy atom. The summed E-state index contributed by atoms with van der Waals surface area (Å²) in [5.74, 6) is -1.13. The topological polar surface area (TPSA) is 55.8 Å². The minimum absolute atomic E-state index is 0.0729. The molecule has 1 aliphatic heterocycles. The number of hydrogen-bond acceptors (Lipinski definition) is 3. The van der Waals surface area contributed by atoms with Gasteiger partial charge < -0.3 is 14.6 Å². The molecule has 0 saturated heterocycles. The summed E-state index contributed by atoms with van der Waals surface area (Å²) in [6.45, 7) is 5.91. The quantitative estimate of drug-likeness (QED) is 0.794. The van der Waals surface area contributed by atoms with E-state index in [-0.39, 0.29) is 22.1 Å². The molecule has 0 bridgehead atoms. The van der Waals surface area contributed by atoms with Crippen molar-refractivity contribution in [3.63, 3.8) is 0 Å². The van der Waals surface area contributed by atoms with Gasteiger partial charge in [0.15, 0.2) is 0 Å². The molecule has 138 valence electrons. The monoisotopic (exact) mass is 378 g/mol. The highest BCUT2D eigenvalue weighted by atomic mass is 35.5. The predicted octanol–water partition coefficient (Wildman–Crippen LogP) is 4.86. The van der Waals surface area contributed by atoms with E-state index in [1.807, 2.05) is 13.8 Å². The van der Waals surface area contributed by atoms with Crippen molar-refractivity contribution in [1.29, 1.82) is 0 Å². The van der Waals surface area contributed by atoms with Gasteiger partial charge in [-0.1, -0.05) is 25.4 Å². The van der Waals surface area contributed by atoms with Gasteiger partial charge in [-0.25, -0.2) is 4.79 Å². The molecule has 2 rings (SSSR count). The first kappa shape index (κ1) is 19.4. The summed E-state index contributed by atoms with van der Waals surface area (Å²) >= 11 is 6.16. The van der Waals surface area contributed by atoms with E-state index >= 15 is 0 Å². The van der Waals surface area contributed by atoms with E-state index in [0.29, 0.717) is 18.1 Å². The number of carboxylic acids is 1. The largest absolute Gasteiger partial charge is 0.492 e. The number of alkyl halides is 3. The van der Waals surface area contributed by atoms with E-state index in [0.717, 1.165) is 12.5 Å². The molecule has 25 heavy (non-hydrogen) atoms. The average molecular weight is 379 g/mol. The summed E-state index contributed by atoms with van der Waals surface area (Å²) in [4.78, 5) is 11.2. The number of ether oxygens (including phenoxy) is 2. The second kappa shape index (κ2) is 7.15. The molecule has 0 aromatic heterocycles. The zero-order chi connectivity index (χ0) is 18.9. The van der Waals surface area contributed by atoms with Crippen LogP contribution in [0.1, 0.15) is 31.4 Å². The Balaban J connectivity index is 2.45. The van der Waals surface area contributed by atoms with Gasteiger partial charge in [0, 0.05) is 11.1 Å². The molecule has 1 aliphatic rings.